The van der Waals surface area contributed by atoms with Gasteiger partial charge in [-0.05, 0) is 23.8 Å². The lowest BCUT2D eigenvalue weighted by atomic mass is 10.2. The predicted octanol–water partition coefficient (Wildman–Crippen LogP) is 3.25. The molecule has 1 aromatic carbocycles. The van der Waals surface area contributed by atoms with Crippen LogP contribution < -0.4 is 4.74 Å². The number of pyridine rings is 1. The van der Waals surface area contributed by atoms with E-state index in [2.05, 4.69) is 16.0 Å². The van der Waals surface area contributed by atoms with Crippen LogP contribution in [0.4, 0.5) is 5.69 Å². The molecular formula is C15H13N4O+. The quantitative estimate of drug-likeness (QED) is 0.778. The van der Waals surface area contributed by atoms with Crippen molar-refractivity contribution in [1.29, 1.82) is 10.7 Å². The van der Waals surface area contributed by atoms with Crippen molar-refractivity contribution in [2.45, 2.75) is 12.8 Å². The Morgan fingerprint density at radius 2 is 1.95 bits per heavy atom. The lowest BCUT2D eigenvalue weighted by Gasteiger charge is -2.05. The summed E-state index contributed by atoms with van der Waals surface area (Å²) in [6.07, 6.45) is 2.79. The molecule has 0 fully saturated rings. The maximum atomic E-state index is 8.57. The molecule has 2 aromatic rings. The third kappa shape index (κ3) is 3.79. The SMILES string of the molecule is N#CCc1ccc(CCOc2ccc([N+]#N)cc2)nc1. The van der Waals surface area contributed by atoms with E-state index in [0.29, 0.717) is 25.1 Å². The van der Waals surface area contributed by atoms with Crippen LogP contribution in [-0.2, 0) is 12.8 Å². The Labute approximate surface area is 117 Å². The van der Waals surface area contributed by atoms with Crippen LogP contribution in [0.3, 0.4) is 0 Å². The predicted molar refractivity (Wildman–Crippen MR) is 73.9 cm³/mol. The van der Waals surface area contributed by atoms with Gasteiger partial charge in [-0.2, -0.15) is 5.26 Å². The van der Waals surface area contributed by atoms with E-state index in [1.807, 2.05) is 12.1 Å². The van der Waals surface area contributed by atoms with Crippen LogP contribution in [0.2, 0.25) is 0 Å². The number of hydrogen-bond donors (Lipinski definition) is 0. The summed E-state index contributed by atoms with van der Waals surface area (Å²) < 4.78 is 5.57. The molecule has 0 spiro atoms. The molecule has 0 bridgehead atoms. The molecule has 0 N–H and O–H groups in total. The van der Waals surface area contributed by atoms with Gasteiger partial charge in [0, 0.05) is 30.4 Å². The summed E-state index contributed by atoms with van der Waals surface area (Å²) in [5, 5.41) is 17.1. The number of aromatic nitrogens is 1. The van der Waals surface area contributed by atoms with Crippen LogP contribution >= 0.6 is 0 Å². The zero-order valence-electron chi connectivity index (χ0n) is 10.9. The van der Waals surface area contributed by atoms with Gasteiger partial charge < -0.3 is 4.74 Å². The highest BCUT2D eigenvalue weighted by molar-refractivity contribution is 5.46. The summed E-state index contributed by atoms with van der Waals surface area (Å²) in [4.78, 5) is 7.35. The molecule has 0 atom stereocenters. The molecule has 0 amide bonds. The Kier molecular flexibility index (Phi) is 4.64. The van der Waals surface area contributed by atoms with Crippen molar-refractivity contribution < 1.29 is 4.74 Å². The molecule has 1 aromatic heterocycles. The lowest BCUT2D eigenvalue weighted by molar-refractivity contribution is 0.320. The van der Waals surface area contributed by atoms with Gasteiger partial charge in [0.15, 0.2) is 4.98 Å². The molecule has 0 aliphatic heterocycles. The van der Waals surface area contributed by atoms with Gasteiger partial charge in [-0.1, -0.05) is 6.07 Å². The van der Waals surface area contributed by atoms with Crippen LogP contribution in [-0.4, -0.2) is 11.6 Å². The maximum Gasteiger partial charge on any atom is 0.385 e. The smallest absolute Gasteiger partial charge is 0.385 e. The topological polar surface area (TPSA) is 74.1 Å². The highest BCUT2D eigenvalue weighted by atomic mass is 16.5. The van der Waals surface area contributed by atoms with E-state index in [4.69, 9.17) is 15.4 Å². The van der Waals surface area contributed by atoms with Crippen molar-refractivity contribution in [3.63, 3.8) is 0 Å². The Bertz CT molecular complexity index is 636. The largest absolute Gasteiger partial charge is 0.493 e. The summed E-state index contributed by atoms with van der Waals surface area (Å²) in [5.41, 5.74) is 2.33. The molecule has 98 valence electrons. The number of ether oxygens (including phenoxy) is 1. The molecule has 0 aliphatic carbocycles. The molecule has 2 rings (SSSR count). The van der Waals surface area contributed by atoms with E-state index in [0.717, 1.165) is 17.0 Å². The standard InChI is InChI=1S/C15H13N4O/c16-9-7-12-1-2-13(18-11-12)8-10-20-15-5-3-14(19-17)4-6-15/h1-6,11H,7-8,10H2/q+1. The summed E-state index contributed by atoms with van der Waals surface area (Å²) in [6.45, 7) is 0.514. The van der Waals surface area contributed by atoms with E-state index in [1.54, 1.807) is 30.5 Å². The third-order valence-corrected chi connectivity index (χ3v) is 2.75. The number of rotatable bonds is 5. The van der Waals surface area contributed by atoms with E-state index in [-0.39, 0.29) is 0 Å². The fraction of sp³-hybridized carbons (Fsp3) is 0.200. The van der Waals surface area contributed by atoms with Crippen molar-refractivity contribution >= 4 is 5.69 Å². The molecule has 1 heterocycles. The molecule has 0 aliphatic rings. The van der Waals surface area contributed by atoms with E-state index < -0.39 is 0 Å². The van der Waals surface area contributed by atoms with E-state index >= 15 is 0 Å². The van der Waals surface area contributed by atoms with Crippen molar-refractivity contribution in [3.8, 4) is 11.8 Å². The molecule has 0 radical (unpaired) electrons. The number of hydrogen-bond acceptors (Lipinski definition) is 4. The summed E-state index contributed by atoms with van der Waals surface area (Å²) in [6, 6.07) is 12.7. The molecule has 5 heteroatoms. The van der Waals surface area contributed by atoms with E-state index in [1.165, 1.54) is 0 Å². The average Bonchev–Trinajstić information content (AvgIpc) is 2.50. The first-order valence-electron chi connectivity index (χ1n) is 6.20. The normalized spacial score (nSPS) is 9.50. The zero-order chi connectivity index (χ0) is 14.2. The van der Waals surface area contributed by atoms with Crippen LogP contribution in [0, 0.1) is 16.7 Å². The highest BCUT2D eigenvalue weighted by Gasteiger charge is 2.03. The van der Waals surface area contributed by atoms with Gasteiger partial charge in [0.25, 0.3) is 0 Å². The average molecular weight is 265 g/mol. The first-order valence-corrected chi connectivity index (χ1v) is 6.20. The van der Waals surface area contributed by atoms with Gasteiger partial charge >= 0.3 is 5.69 Å². The van der Waals surface area contributed by atoms with Crippen LogP contribution in [0.1, 0.15) is 11.3 Å². The molecule has 20 heavy (non-hydrogen) atoms. The molecule has 0 saturated carbocycles. The van der Waals surface area contributed by atoms with Crippen LogP contribution in [0.25, 0.3) is 4.98 Å². The zero-order valence-corrected chi connectivity index (χ0v) is 10.9. The van der Waals surface area contributed by atoms with Crippen LogP contribution in [0.5, 0.6) is 5.75 Å². The number of benzene rings is 1. The van der Waals surface area contributed by atoms with Crippen molar-refractivity contribution in [1.82, 2.24) is 4.98 Å². The Hall–Kier alpha value is -2.92. The third-order valence-electron chi connectivity index (χ3n) is 2.75. The first kappa shape index (κ1) is 13.5. The van der Waals surface area contributed by atoms with Gasteiger partial charge in [-0.15, -0.1) is 0 Å². The second-order valence-electron chi connectivity index (χ2n) is 4.19. The summed E-state index contributed by atoms with van der Waals surface area (Å²) in [5.74, 6) is 0.721. The van der Waals surface area contributed by atoms with Gasteiger partial charge in [-0.25, -0.2) is 0 Å². The van der Waals surface area contributed by atoms with Crippen LogP contribution in [0.15, 0.2) is 42.6 Å². The molecule has 0 saturated heterocycles. The minimum Gasteiger partial charge on any atom is -0.493 e. The number of diazo groups is 1. The molecule has 0 unspecified atom stereocenters. The second kappa shape index (κ2) is 6.86. The fourth-order valence-electron chi connectivity index (χ4n) is 1.68. The minimum atomic E-state index is 0.381. The van der Waals surface area contributed by atoms with Gasteiger partial charge in [0.2, 0.25) is 5.39 Å². The Balaban J connectivity index is 1.83. The van der Waals surface area contributed by atoms with Crippen molar-refractivity contribution in [2.24, 2.45) is 0 Å². The Morgan fingerprint density at radius 1 is 1.15 bits per heavy atom. The van der Waals surface area contributed by atoms with E-state index in [9.17, 15) is 0 Å². The molecule has 5 nitrogen and oxygen atoms in total. The summed E-state index contributed by atoms with van der Waals surface area (Å²) in [7, 11) is 0. The first-order chi connectivity index (χ1) is 9.81. The highest BCUT2D eigenvalue weighted by Crippen LogP contribution is 2.17. The van der Waals surface area contributed by atoms with Crippen molar-refractivity contribution in [3.05, 3.63) is 58.8 Å². The number of nitrogens with zero attached hydrogens (tertiary/aromatic N) is 4. The summed E-state index contributed by atoms with van der Waals surface area (Å²) >= 11 is 0. The Morgan fingerprint density at radius 3 is 2.55 bits per heavy atom. The maximum absolute atomic E-state index is 8.57. The van der Waals surface area contributed by atoms with Gasteiger partial charge in [0.1, 0.15) is 5.75 Å². The minimum absolute atomic E-state index is 0.381. The second-order valence-corrected chi connectivity index (χ2v) is 4.19. The lowest BCUT2D eigenvalue weighted by Crippen LogP contribution is -2.03. The number of nitriles is 1. The monoisotopic (exact) mass is 265 g/mol. The van der Waals surface area contributed by atoms with Gasteiger partial charge in [-0.3, -0.25) is 4.98 Å². The fourth-order valence-corrected chi connectivity index (χ4v) is 1.68. The van der Waals surface area contributed by atoms with Crippen molar-refractivity contribution in [2.75, 3.05) is 6.61 Å². The molecular weight excluding hydrogens is 252 g/mol. The van der Waals surface area contributed by atoms with Gasteiger partial charge in [0.05, 0.1) is 19.1 Å².